The zero-order valence-electron chi connectivity index (χ0n) is 20.5. The lowest BCUT2D eigenvalue weighted by Crippen LogP contribution is -2.48. The van der Waals surface area contributed by atoms with Crippen molar-refractivity contribution in [2.24, 2.45) is 0 Å². The number of benzene rings is 2. The second kappa shape index (κ2) is 10.2. The Kier molecular flexibility index (Phi) is 6.86. The number of carbonyl (C=O) groups is 2. The lowest BCUT2D eigenvalue weighted by Gasteiger charge is -2.27. The topological polar surface area (TPSA) is 117 Å². The first-order valence-corrected chi connectivity index (χ1v) is 12.9. The number of thiazole rings is 1. The van der Waals surface area contributed by atoms with Gasteiger partial charge in [-0.05, 0) is 37.1 Å². The van der Waals surface area contributed by atoms with Crippen LogP contribution in [0.2, 0.25) is 0 Å². The lowest BCUT2D eigenvalue weighted by atomic mass is 10.1. The van der Waals surface area contributed by atoms with Crippen LogP contribution in [0.4, 0.5) is 0 Å². The molecule has 1 saturated heterocycles. The van der Waals surface area contributed by atoms with Crippen LogP contribution in [0.15, 0.2) is 65.2 Å². The van der Waals surface area contributed by atoms with E-state index < -0.39 is 24.1 Å². The van der Waals surface area contributed by atoms with Crippen molar-refractivity contribution < 1.29 is 14.7 Å². The van der Waals surface area contributed by atoms with E-state index in [0.29, 0.717) is 17.4 Å². The maximum absolute atomic E-state index is 13.4. The molecule has 3 atom stereocenters. The first kappa shape index (κ1) is 24.8. The zero-order chi connectivity index (χ0) is 26.1. The highest BCUT2D eigenvalue weighted by molar-refractivity contribution is 7.13. The average Bonchev–Trinajstić information content (AvgIpc) is 3.52. The average molecular weight is 518 g/mol. The lowest BCUT2D eigenvalue weighted by molar-refractivity contribution is -0.140. The molecule has 190 valence electrons. The van der Waals surface area contributed by atoms with E-state index in [1.165, 1.54) is 15.8 Å². The minimum atomic E-state index is -0.882. The number of aryl methyl sites for hydroxylation is 1. The van der Waals surface area contributed by atoms with Gasteiger partial charge in [-0.1, -0.05) is 36.4 Å². The summed E-state index contributed by atoms with van der Waals surface area (Å²) in [4.78, 5) is 50.5. The number of hydrogen-bond acceptors (Lipinski definition) is 7. The van der Waals surface area contributed by atoms with Crippen LogP contribution >= 0.6 is 11.3 Å². The fourth-order valence-electron chi connectivity index (χ4n) is 4.68. The number of amides is 2. The van der Waals surface area contributed by atoms with E-state index in [-0.39, 0.29) is 24.4 Å². The summed E-state index contributed by atoms with van der Waals surface area (Å²) in [6, 6.07) is 13.1. The van der Waals surface area contributed by atoms with Gasteiger partial charge in [0.15, 0.2) is 0 Å². The van der Waals surface area contributed by atoms with Gasteiger partial charge in [-0.25, -0.2) is 9.97 Å². The van der Waals surface area contributed by atoms with Crippen LogP contribution in [0, 0.1) is 6.92 Å². The first-order valence-electron chi connectivity index (χ1n) is 12.0. The minimum absolute atomic E-state index is 0.0277. The van der Waals surface area contributed by atoms with Crippen LogP contribution in [-0.4, -0.2) is 55.0 Å². The van der Waals surface area contributed by atoms with E-state index in [2.05, 4.69) is 15.3 Å². The van der Waals surface area contributed by atoms with Crippen LogP contribution in [-0.2, 0) is 16.1 Å². The van der Waals surface area contributed by atoms with E-state index in [4.69, 9.17) is 0 Å². The molecule has 2 aromatic carbocycles. The fraction of sp³-hybridized carbons (Fsp3) is 0.296. The highest BCUT2D eigenvalue weighted by Crippen LogP contribution is 2.27. The molecule has 2 N–H and O–H groups in total. The smallest absolute Gasteiger partial charge is 0.261 e. The molecule has 4 aromatic rings. The van der Waals surface area contributed by atoms with Crippen molar-refractivity contribution >= 4 is 34.1 Å². The number of aliphatic hydroxyl groups is 1. The van der Waals surface area contributed by atoms with Crippen LogP contribution < -0.4 is 10.9 Å². The molecular formula is C27H27N5O4S. The summed E-state index contributed by atoms with van der Waals surface area (Å²) >= 11 is 1.58. The van der Waals surface area contributed by atoms with Crippen molar-refractivity contribution in [3.8, 4) is 10.4 Å². The van der Waals surface area contributed by atoms with E-state index in [9.17, 15) is 19.5 Å². The van der Waals surface area contributed by atoms with Gasteiger partial charge in [0, 0.05) is 19.5 Å². The van der Waals surface area contributed by atoms with Gasteiger partial charge in [-0.2, -0.15) is 0 Å². The summed E-state index contributed by atoms with van der Waals surface area (Å²) < 4.78 is 1.27. The number of para-hydroxylation sites is 1. The van der Waals surface area contributed by atoms with Crippen LogP contribution in [0.25, 0.3) is 21.3 Å². The molecule has 1 aliphatic heterocycles. The maximum Gasteiger partial charge on any atom is 0.261 e. The summed E-state index contributed by atoms with van der Waals surface area (Å²) in [7, 11) is 0. The van der Waals surface area contributed by atoms with Gasteiger partial charge in [0.2, 0.25) is 11.8 Å². The van der Waals surface area contributed by atoms with Gasteiger partial charge in [-0.3, -0.25) is 19.0 Å². The molecule has 1 fully saturated rings. The number of aliphatic hydroxyl groups excluding tert-OH is 1. The summed E-state index contributed by atoms with van der Waals surface area (Å²) in [5.41, 5.74) is 4.99. The SMILES string of the molecule is Cc1ncsc1-c1ccc(CNC(=O)C2CC(O)CN2C(=O)C(C)n2cnc3ccccc3c2=O)cc1. The molecule has 0 radical (unpaired) electrons. The molecular weight excluding hydrogens is 490 g/mol. The highest BCUT2D eigenvalue weighted by Gasteiger charge is 2.40. The number of β-amino-alcohol motifs (C(OH)–C–C–N with tert-alkyl or cyclic N) is 1. The van der Waals surface area contributed by atoms with E-state index in [1.807, 2.05) is 36.7 Å². The predicted molar refractivity (Wildman–Crippen MR) is 141 cm³/mol. The number of fused-ring (bicyclic) bond motifs is 1. The Morgan fingerprint density at radius 1 is 1.16 bits per heavy atom. The van der Waals surface area contributed by atoms with Gasteiger partial charge in [0.1, 0.15) is 12.1 Å². The second-order valence-corrected chi connectivity index (χ2v) is 10.1. The van der Waals surface area contributed by atoms with Crippen molar-refractivity contribution in [3.05, 3.63) is 82.0 Å². The second-order valence-electron chi connectivity index (χ2n) is 9.23. The van der Waals surface area contributed by atoms with Gasteiger partial charge in [-0.15, -0.1) is 11.3 Å². The van der Waals surface area contributed by atoms with Gasteiger partial charge in [0.25, 0.3) is 5.56 Å². The van der Waals surface area contributed by atoms with Crippen molar-refractivity contribution in [3.63, 3.8) is 0 Å². The first-order chi connectivity index (χ1) is 17.8. The summed E-state index contributed by atoms with van der Waals surface area (Å²) in [6.45, 7) is 3.89. The number of rotatable bonds is 6. The molecule has 0 bridgehead atoms. The number of likely N-dealkylation sites (tertiary alicyclic amines) is 1. The summed E-state index contributed by atoms with van der Waals surface area (Å²) in [5, 5.41) is 13.6. The number of carbonyl (C=O) groups excluding carboxylic acids is 2. The normalized spacial score (nSPS) is 18.2. The number of nitrogens with zero attached hydrogens (tertiary/aromatic N) is 4. The van der Waals surface area contributed by atoms with E-state index in [0.717, 1.165) is 21.7 Å². The quantitative estimate of drug-likeness (QED) is 0.406. The molecule has 9 nitrogen and oxygen atoms in total. The van der Waals surface area contributed by atoms with Crippen molar-refractivity contribution in [2.45, 2.75) is 45.0 Å². The van der Waals surface area contributed by atoms with Crippen molar-refractivity contribution in [2.75, 3.05) is 6.54 Å². The van der Waals surface area contributed by atoms with Crippen molar-refractivity contribution in [1.29, 1.82) is 0 Å². The molecule has 3 unspecified atom stereocenters. The number of hydrogen-bond donors (Lipinski definition) is 2. The molecule has 2 amide bonds. The Morgan fingerprint density at radius 2 is 1.92 bits per heavy atom. The van der Waals surface area contributed by atoms with Gasteiger partial charge < -0.3 is 15.3 Å². The number of aromatic nitrogens is 3. The summed E-state index contributed by atoms with van der Waals surface area (Å²) in [6.07, 6.45) is 0.672. The van der Waals surface area contributed by atoms with Crippen molar-refractivity contribution in [1.82, 2.24) is 24.8 Å². The minimum Gasteiger partial charge on any atom is -0.391 e. The number of nitrogens with one attached hydrogen (secondary N) is 1. The van der Waals surface area contributed by atoms with E-state index >= 15 is 0 Å². The van der Waals surface area contributed by atoms with Crippen LogP contribution in [0.3, 0.4) is 0 Å². The molecule has 0 saturated carbocycles. The third-order valence-electron chi connectivity index (χ3n) is 6.76. The van der Waals surface area contributed by atoms with Gasteiger partial charge in [0.05, 0.1) is 39.4 Å². The van der Waals surface area contributed by atoms with Crippen LogP contribution in [0.1, 0.15) is 30.6 Å². The Bertz CT molecular complexity index is 1510. The largest absolute Gasteiger partial charge is 0.391 e. The zero-order valence-corrected chi connectivity index (χ0v) is 21.3. The Balaban J connectivity index is 1.27. The predicted octanol–water partition coefficient (Wildman–Crippen LogP) is 2.67. The molecule has 3 heterocycles. The Hall–Kier alpha value is -3.89. The third-order valence-corrected chi connectivity index (χ3v) is 7.74. The monoisotopic (exact) mass is 517 g/mol. The molecule has 5 rings (SSSR count). The standard InChI is InChI=1S/C27H27N5O4S/c1-16-24(37-15-30-16)19-9-7-18(8-10-19)12-28-25(34)23-11-20(33)13-31(23)26(35)17(2)32-14-29-22-6-4-3-5-21(22)27(32)36/h3-10,14-15,17,20,23,33H,11-13H2,1-2H3,(H,28,34). The highest BCUT2D eigenvalue weighted by atomic mass is 32.1. The third kappa shape index (κ3) is 4.90. The van der Waals surface area contributed by atoms with E-state index in [1.54, 1.807) is 42.5 Å². The van der Waals surface area contributed by atoms with Crippen LogP contribution in [0.5, 0.6) is 0 Å². The molecule has 0 spiro atoms. The fourth-order valence-corrected chi connectivity index (χ4v) is 5.50. The summed E-state index contributed by atoms with van der Waals surface area (Å²) in [5.74, 6) is -0.761. The Morgan fingerprint density at radius 3 is 2.65 bits per heavy atom. The van der Waals surface area contributed by atoms with Gasteiger partial charge >= 0.3 is 0 Å². The molecule has 2 aromatic heterocycles. The molecule has 37 heavy (non-hydrogen) atoms. The Labute approximate surface area is 217 Å². The maximum atomic E-state index is 13.4. The molecule has 10 heteroatoms. The molecule has 1 aliphatic rings. The molecule has 0 aliphatic carbocycles.